The molecule has 0 radical (unpaired) electrons. The van der Waals surface area contributed by atoms with E-state index in [4.69, 9.17) is 21.3 Å². The predicted molar refractivity (Wildman–Crippen MR) is 159 cm³/mol. The third-order valence-corrected chi connectivity index (χ3v) is 9.18. The molecule has 6 rings (SSSR count). The average Bonchev–Trinajstić information content (AvgIpc) is 3.63. The number of ether oxygens (including phenoxy) is 1. The summed E-state index contributed by atoms with van der Waals surface area (Å²) in [6.07, 6.45) is 5.70. The summed E-state index contributed by atoms with van der Waals surface area (Å²) in [6.45, 7) is 9.64. The lowest BCUT2D eigenvalue weighted by molar-refractivity contribution is -0.126. The van der Waals surface area contributed by atoms with Crippen LogP contribution in [0.3, 0.4) is 0 Å². The first-order valence-electron chi connectivity index (χ1n) is 14.3. The van der Waals surface area contributed by atoms with Gasteiger partial charge < -0.3 is 24.3 Å². The van der Waals surface area contributed by atoms with Crippen LogP contribution in [-0.2, 0) is 17.8 Å². The number of halogens is 2. The van der Waals surface area contributed by atoms with Crippen LogP contribution in [0.25, 0.3) is 10.9 Å². The summed E-state index contributed by atoms with van der Waals surface area (Å²) in [5.41, 5.74) is 4.10. The van der Waals surface area contributed by atoms with Gasteiger partial charge in [0, 0.05) is 55.3 Å². The van der Waals surface area contributed by atoms with Gasteiger partial charge in [0.1, 0.15) is 29.1 Å². The van der Waals surface area contributed by atoms with Crippen LogP contribution in [0.1, 0.15) is 36.6 Å². The van der Waals surface area contributed by atoms with Crippen LogP contribution < -0.4 is 14.5 Å². The van der Waals surface area contributed by atoms with Crippen molar-refractivity contribution >= 4 is 39.8 Å². The van der Waals surface area contributed by atoms with Crippen molar-refractivity contribution in [3.63, 3.8) is 0 Å². The lowest BCUT2D eigenvalue weighted by atomic mass is 9.96. The number of likely N-dealkylation sites (tertiary alicyclic amines) is 1. The number of hydrogen-bond acceptors (Lipinski definition) is 8. The number of likely N-dealkylation sites (N-methyl/N-ethyl adjacent to an activating group) is 1. The van der Waals surface area contributed by atoms with Crippen LogP contribution in [0, 0.1) is 17.1 Å². The number of hydrogen-bond donors (Lipinski definition) is 1. The SMILES string of the molecule is C=CC(=O)N1CCN(c2c(C#N)c(OCC3CCCN3C)nc3c2CCN(c2c(Cl)c(F)cc4[nH]ncc24)C3)C(C)C1. The van der Waals surface area contributed by atoms with Crippen molar-refractivity contribution in [2.45, 2.75) is 44.8 Å². The van der Waals surface area contributed by atoms with Crippen LogP contribution >= 0.6 is 11.6 Å². The first kappa shape index (κ1) is 28.2. The Balaban J connectivity index is 1.41. The summed E-state index contributed by atoms with van der Waals surface area (Å²) in [7, 11) is 2.08. The number of nitrogens with one attached hydrogen (secondary N) is 1. The lowest BCUT2D eigenvalue weighted by Gasteiger charge is -2.43. The maximum atomic E-state index is 14.8. The molecule has 3 aliphatic heterocycles. The van der Waals surface area contributed by atoms with Gasteiger partial charge >= 0.3 is 0 Å². The smallest absolute Gasteiger partial charge is 0.246 e. The number of nitrogens with zero attached hydrogens (tertiary/aromatic N) is 7. The van der Waals surface area contributed by atoms with E-state index in [1.807, 2.05) is 4.90 Å². The van der Waals surface area contributed by atoms with Gasteiger partial charge in [-0.05, 0) is 45.9 Å². The maximum Gasteiger partial charge on any atom is 0.246 e. The molecule has 1 aromatic carbocycles. The number of nitriles is 1. The van der Waals surface area contributed by atoms with E-state index in [1.54, 1.807) is 11.1 Å². The van der Waals surface area contributed by atoms with Gasteiger partial charge in [-0.25, -0.2) is 9.37 Å². The summed E-state index contributed by atoms with van der Waals surface area (Å²) in [5.74, 6) is -0.311. The molecule has 2 unspecified atom stereocenters. The third-order valence-electron chi connectivity index (χ3n) is 8.82. The van der Waals surface area contributed by atoms with E-state index >= 15 is 0 Å². The molecule has 3 aromatic rings. The van der Waals surface area contributed by atoms with Crippen LogP contribution in [0.5, 0.6) is 5.88 Å². The van der Waals surface area contributed by atoms with Gasteiger partial charge in [-0.3, -0.25) is 9.89 Å². The van der Waals surface area contributed by atoms with E-state index in [0.29, 0.717) is 68.4 Å². The number of H-pyrrole nitrogens is 1. The Morgan fingerprint density at radius 2 is 2.17 bits per heavy atom. The van der Waals surface area contributed by atoms with Gasteiger partial charge in [0.25, 0.3) is 0 Å². The molecule has 1 N–H and O–H groups in total. The third kappa shape index (κ3) is 4.92. The Morgan fingerprint density at radius 3 is 2.88 bits per heavy atom. The summed E-state index contributed by atoms with van der Waals surface area (Å²) < 4.78 is 21.2. The van der Waals surface area contributed by atoms with Crippen molar-refractivity contribution in [1.29, 1.82) is 5.26 Å². The van der Waals surface area contributed by atoms with Crippen LogP contribution in [0.2, 0.25) is 5.02 Å². The first-order chi connectivity index (χ1) is 20.3. The second kappa shape index (κ2) is 11.4. The largest absolute Gasteiger partial charge is 0.475 e. The van der Waals surface area contributed by atoms with Crippen molar-refractivity contribution in [2.75, 3.05) is 56.2 Å². The van der Waals surface area contributed by atoms with E-state index < -0.39 is 5.82 Å². The molecule has 2 saturated heterocycles. The number of amides is 1. The average molecular weight is 593 g/mol. The number of rotatable bonds is 6. The number of fused-ring (bicyclic) bond motifs is 2. The highest BCUT2D eigenvalue weighted by atomic mass is 35.5. The molecule has 10 nitrogen and oxygen atoms in total. The molecule has 2 atom stereocenters. The van der Waals surface area contributed by atoms with Crippen molar-refractivity contribution < 1.29 is 13.9 Å². The number of anilines is 2. The van der Waals surface area contributed by atoms with E-state index in [1.165, 1.54) is 12.1 Å². The summed E-state index contributed by atoms with van der Waals surface area (Å²) >= 11 is 6.53. The quantitative estimate of drug-likeness (QED) is 0.430. The highest BCUT2D eigenvalue weighted by molar-refractivity contribution is 6.35. The Kier molecular flexibility index (Phi) is 7.68. The molecule has 0 aliphatic carbocycles. The Bertz CT molecular complexity index is 1590. The molecular weight excluding hydrogens is 559 g/mol. The Morgan fingerprint density at radius 1 is 1.33 bits per heavy atom. The number of aromatic amines is 1. The van der Waals surface area contributed by atoms with E-state index in [2.05, 4.69) is 46.6 Å². The number of carbonyl (C=O) groups excluding carboxylic acids is 1. The molecule has 0 bridgehead atoms. The van der Waals surface area contributed by atoms with Gasteiger partial charge in [0.15, 0.2) is 0 Å². The molecule has 1 amide bonds. The van der Waals surface area contributed by atoms with Gasteiger partial charge in [-0.15, -0.1) is 0 Å². The fraction of sp³-hybridized carbons (Fsp3) is 0.467. The topological polar surface area (TPSA) is 105 Å². The van der Waals surface area contributed by atoms with E-state index in [-0.39, 0.29) is 23.0 Å². The molecule has 2 fully saturated rings. The maximum absolute atomic E-state index is 14.8. The highest BCUT2D eigenvalue weighted by Crippen LogP contribution is 2.42. The number of carbonyl (C=O) groups is 1. The number of aromatic nitrogens is 3. The van der Waals surface area contributed by atoms with Crippen molar-refractivity contribution in [3.05, 3.63) is 52.6 Å². The normalized spacial score (nSPS) is 21.0. The second-order valence-electron chi connectivity index (χ2n) is 11.3. The van der Waals surface area contributed by atoms with Crippen LogP contribution in [0.15, 0.2) is 24.9 Å². The summed E-state index contributed by atoms with van der Waals surface area (Å²) in [6, 6.07) is 3.97. The fourth-order valence-corrected chi connectivity index (χ4v) is 6.83. The molecule has 12 heteroatoms. The van der Waals surface area contributed by atoms with E-state index in [0.717, 1.165) is 41.7 Å². The zero-order valence-corrected chi connectivity index (χ0v) is 24.6. The predicted octanol–water partition coefficient (Wildman–Crippen LogP) is 3.88. The highest BCUT2D eigenvalue weighted by Gasteiger charge is 2.35. The van der Waals surface area contributed by atoms with Crippen molar-refractivity contribution in [3.8, 4) is 11.9 Å². The number of pyridine rings is 1. The second-order valence-corrected chi connectivity index (χ2v) is 11.7. The minimum atomic E-state index is -0.520. The molecular formula is C30H34ClFN8O2. The number of benzene rings is 1. The van der Waals surface area contributed by atoms with Crippen molar-refractivity contribution in [2.24, 2.45) is 0 Å². The molecule has 0 saturated carbocycles. The van der Waals surface area contributed by atoms with E-state index in [9.17, 15) is 14.4 Å². The van der Waals surface area contributed by atoms with Crippen LogP contribution in [-0.4, -0.2) is 89.4 Å². The Hall–Kier alpha value is -3.88. The summed E-state index contributed by atoms with van der Waals surface area (Å²) in [5, 5.41) is 18.2. The molecule has 42 heavy (non-hydrogen) atoms. The standard InChI is InChI=1S/C30H34ClFN8O2/c1-4-26(41)38-10-11-40(18(2)15-38)28-20-7-9-39(29-22-14-34-36-24(22)12-23(32)27(29)31)16-25(20)35-30(21(28)13-33)42-17-19-6-5-8-37(19)3/h4,12,14,18-19H,1,5-11,15-17H2,2-3H3,(H,34,36). The van der Waals surface area contributed by atoms with Crippen molar-refractivity contribution in [1.82, 2.24) is 25.0 Å². The van der Waals surface area contributed by atoms with Gasteiger partial charge in [-0.1, -0.05) is 18.2 Å². The van der Waals surface area contributed by atoms with Crippen LogP contribution in [0.4, 0.5) is 15.8 Å². The molecule has 5 heterocycles. The minimum Gasteiger partial charge on any atom is -0.475 e. The van der Waals surface area contributed by atoms with Gasteiger partial charge in [0.05, 0.1) is 35.3 Å². The zero-order valence-electron chi connectivity index (χ0n) is 23.9. The van der Waals surface area contributed by atoms with Gasteiger partial charge in [-0.2, -0.15) is 10.4 Å². The zero-order chi connectivity index (χ0) is 29.5. The number of piperazine rings is 1. The molecule has 2 aromatic heterocycles. The summed E-state index contributed by atoms with van der Waals surface area (Å²) in [4.78, 5) is 25.6. The lowest BCUT2D eigenvalue weighted by Crippen LogP contribution is -2.54. The fourth-order valence-electron chi connectivity index (χ4n) is 6.56. The molecule has 3 aliphatic rings. The molecule has 0 spiro atoms. The Labute approximate surface area is 249 Å². The first-order valence-corrected chi connectivity index (χ1v) is 14.7. The van der Waals surface area contributed by atoms with Gasteiger partial charge in [0.2, 0.25) is 11.8 Å². The molecule has 220 valence electrons. The monoisotopic (exact) mass is 592 g/mol. The minimum absolute atomic E-state index is 0.0404.